The van der Waals surface area contributed by atoms with Crippen LogP contribution in [-0.4, -0.2) is 47.5 Å². The molecule has 1 fully saturated rings. The number of carbonyl (C=O) groups excluding carboxylic acids is 1. The van der Waals surface area contributed by atoms with Crippen molar-refractivity contribution in [1.29, 1.82) is 0 Å². The standard InChI is InChI=1S/C14H20ClNO4S/c1-14(2,3)20-13(18)16-6-7-19-8-9(16)12(17)10-4-5-11(15)21-10/h4-5,9,12,17H,6-8H2,1-3H3. The van der Waals surface area contributed by atoms with E-state index in [0.717, 1.165) is 0 Å². The molecule has 0 saturated carbocycles. The second kappa shape index (κ2) is 6.52. The van der Waals surface area contributed by atoms with E-state index in [1.807, 2.05) is 20.8 Å². The van der Waals surface area contributed by atoms with E-state index in [1.54, 1.807) is 12.1 Å². The highest BCUT2D eigenvalue weighted by Gasteiger charge is 2.36. The number of aliphatic hydroxyl groups excluding tert-OH is 1. The third kappa shape index (κ3) is 4.32. The Bertz CT molecular complexity index is 499. The summed E-state index contributed by atoms with van der Waals surface area (Å²) in [4.78, 5) is 14.5. The molecule has 1 saturated heterocycles. The molecule has 2 rings (SSSR count). The fourth-order valence-corrected chi connectivity index (χ4v) is 3.21. The van der Waals surface area contributed by atoms with Gasteiger partial charge in [-0.15, -0.1) is 11.3 Å². The number of hydrogen-bond donors (Lipinski definition) is 1. The minimum absolute atomic E-state index is 0.274. The van der Waals surface area contributed by atoms with Crippen molar-refractivity contribution < 1.29 is 19.4 Å². The first kappa shape index (κ1) is 16.5. The Morgan fingerprint density at radius 3 is 2.86 bits per heavy atom. The van der Waals surface area contributed by atoms with Crippen LogP contribution in [0.4, 0.5) is 4.79 Å². The molecule has 7 heteroatoms. The largest absolute Gasteiger partial charge is 0.444 e. The first-order valence-corrected chi connectivity index (χ1v) is 7.98. The molecule has 0 aliphatic carbocycles. The molecular formula is C14H20ClNO4S. The van der Waals surface area contributed by atoms with Gasteiger partial charge in [0.05, 0.1) is 23.6 Å². The van der Waals surface area contributed by atoms with E-state index in [2.05, 4.69) is 0 Å². The van der Waals surface area contributed by atoms with Gasteiger partial charge in [-0.3, -0.25) is 4.90 Å². The monoisotopic (exact) mass is 333 g/mol. The van der Waals surface area contributed by atoms with Gasteiger partial charge in [0.25, 0.3) is 0 Å². The molecule has 0 aromatic carbocycles. The summed E-state index contributed by atoms with van der Waals surface area (Å²) in [7, 11) is 0. The van der Waals surface area contributed by atoms with Gasteiger partial charge < -0.3 is 14.6 Å². The number of thiophene rings is 1. The molecular weight excluding hydrogens is 314 g/mol. The summed E-state index contributed by atoms with van der Waals surface area (Å²) in [6.45, 7) is 6.56. The maximum Gasteiger partial charge on any atom is 0.410 e. The van der Waals surface area contributed by atoms with Crippen LogP contribution in [-0.2, 0) is 9.47 Å². The minimum Gasteiger partial charge on any atom is -0.444 e. The number of morpholine rings is 1. The average molecular weight is 334 g/mol. The summed E-state index contributed by atoms with van der Waals surface area (Å²) in [6, 6.07) is 3.02. The summed E-state index contributed by atoms with van der Waals surface area (Å²) in [5, 5.41) is 10.5. The second-order valence-corrected chi connectivity index (χ2v) is 7.65. The predicted molar refractivity (Wildman–Crippen MR) is 81.8 cm³/mol. The molecule has 5 nitrogen and oxygen atoms in total. The lowest BCUT2D eigenvalue weighted by Gasteiger charge is -2.38. The fraction of sp³-hybridized carbons (Fsp3) is 0.643. The molecule has 0 bridgehead atoms. The maximum absolute atomic E-state index is 12.3. The fourth-order valence-electron chi connectivity index (χ4n) is 2.11. The Labute approximate surface area is 133 Å². The average Bonchev–Trinajstić information content (AvgIpc) is 2.82. The molecule has 1 aliphatic heterocycles. The topological polar surface area (TPSA) is 59.0 Å². The van der Waals surface area contributed by atoms with Crippen LogP contribution in [0.5, 0.6) is 0 Å². The van der Waals surface area contributed by atoms with Crippen molar-refractivity contribution in [1.82, 2.24) is 4.90 Å². The van der Waals surface area contributed by atoms with Crippen molar-refractivity contribution in [2.24, 2.45) is 0 Å². The zero-order chi connectivity index (χ0) is 15.6. The Morgan fingerprint density at radius 2 is 2.29 bits per heavy atom. The molecule has 2 atom stereocenters. The van der Waals surface area contributed by atoms with E-state index in [4.69, 9.17) is 21.1 Å². The first-order valence-electron chi connectivity index (χ1n) is 6.78. The Morgan fingerprint density at radius 1 is 1.57 bits per heavy atom. The molecule has 1 aromatic heterocycles. The molecule has 2 heterocycles. The van der Waals surface area contributed by atoms with Gasteiger partial charge >= 0.3 is 6.09 Å². The molecule has 0 radical (unpaired) electrons. The van der Waals surface area contributed by atoms with Gasteiger partial charge in [0, 0.05) is 11.4 Å². The summed E-state index contributed by atoms with van der Waals surface area (Å²) in [5.41, 5.74) is -0.572. The number of aliphatic hydroxyl groups is 1. The lowest BCUT2D eigenvalue weighted by molar-refractivity contribution is -0.0665. The number of ether oxygens (including phenoxy) is 2. The highest BCUT2D eigenvalue weighted by atomic mass is 35.5. The van der Waals surface area contributed by atoms with Crippen LogP contribution in [0.2, 0.25) is 4.34 Å². The summed E-state index contributed by atoms with van der Waals surface area (Å²) in [5.74, 6) is 0. The molecule has 2 unspecified atom stereocenters. The zero-order valence-corrected chi connectivity index (χ0v) is 13.9. The maximum atomic E-state index is 12.3. The van der Waals surface area contributed by atoms with E-state index < -0.39 is 23.8 Å². The van der Waals surface area contributed by atoms with Crippen LogP contribution in [0.25, 0.3) is 0 Å². The van der Waals surface area contributed by atoms with E-state index in [1.165, 1.54) is 16.2 Å². The molecule has 0 spiro atoms. The molecule has 118 valence electrons. The van der Waals surface area contributed by atoms with E-state index in [0.29, 0.717) is 22.4 Å². The normalized spacial score (nSPS) is 21.2. The van der Waals surface area contributed by atoms with Crippen LogP contribution in [0.3, 0.4) is 0 Å². The quantitative estimate of drug-likeness (QED) is 0.903. The number of amides is 1. The summed E-state index contributed by atoms with van der Waals surface area (Å²) >= 11 is 7.20. The zero-order valence-electron chi connectivity index (χ0n) is 12.3. The van der Waals surface area contributed by atoms with Crippen LogP contribution < -0.4 is 0 Å². The molecule has 1 aliphatic rings. The lowest BCUT2D eigenvalue weighted by Crippen LogP contribution is -2.52. The first-order chi connectivity index (χ1) is 9.78. The van der Waals surface area contributed by atoms with Crippen molar-refractivity contribution in [2.45, 2.75) is 38.5 Å². The number of hydrogen-bond acceptors (Lipinski definition) is 5. The smallest absolute Gasteiger partial charge is 0.410 e. The molecule has 1 N–H and O–H groups in total. The third-order valence-electron chi connectivity index (χ3n) is 3.04. The van der Waals surface area contributed by atoms with Gasteiger partial charge in [-0.1, -0.05) is 11.6 Å². The summed E-state index contributed by atoms with van der Waals surface area (Å²) < 4.78 is 11.4. The van der Waals surface area contributed by atoms with Crippen molar-refractivity contribution in [2.75, 3.05) is 19.8 Å². The van der Waals surface area contributed by atoms with Gasteiger partial charge in [-0.05, 0) is 32.9 Å². The van der Waals surface area contributed by atoms with Crippen LogP contribution in [0, 0.1) is 0 Å². The van der Waals surface area contributed by atoms with Gasteiger partial charge in [0.2, 0.25) is 0 Å². The van der Waals surface area contributed by atoms with E-state index >= 15 is 0 Å². The van der Waals surface area contributed by atoms with Gasteiger partial charge in [0.1, 0.15) is 11.7 Å². The number of rotatable bonds is 2. The van der Waals surface area contributed by atoms with Crippen LogP contribution >= 0.6 is 22.9 Å². The Hall–Kier alpha value is -0.820. The van der Waals surface area contributed by atoms with E-state index in [-0.39, 0.29) is 6.61 Å². The molecule has 1 amide bonds. The third-order valence-corrected chi connectivity index (χ3v) is 4.35. The SMILES string of the molecule is CC(C)(C)OC(=O)N1CCOCC1C(O)c1ccc(Cl)s1. The Balaban J connectivity index is 2.13. The Kier molecular flexibility index (Phi) is 5.14. The second-order valence-electron chi connectivity index (χ2n) is 5.90. The predicted octanol–water partition coefficient (Wildman–Crippen LogP) is 3.07. The lowest BCUT2D eigenvalue weighted by atomic mass is 10.1. The van der Waals surface area contributed by atoms with Crippen molar-refractivity contribution in [3.63, 3.8) is 0 Å². The van der Waals surface area contributed by atoms with Gasteiger partial charge in [-0.2, -0.15) is 0 Å². The number of carbonyl (C=O) groups is 1. The highest BCUT2D eigenvalue weighted by Crippen LogP contribution is 2.32. The minimum atomic E-state index is -0.838. The molecule has 21 heavy (non-hydrogen) atoms. The number of halogens is 1. The van der Waals surface area contributed by atoms with Crippen molar-refractivity contribution in [3.8, 4) is 0 Å². The van der Waals surface area contributed by atoms with E-state index in [9.17, 15) is 9.90 Å². The van der Waals surface area contributed by atoms with Crippen LogP contribution in [0.15, 0.2) is 12.1 Å². The highest BCUT2D eigenvalue weighted by molar-refractivity contribution is 7.16. The summed E-state index contributed by atoms with van der Waals surface area (Å²) in [6.07, 6.45) is -1.27. The van der Waals surface area contributed by atoms with Crippen molar-refractivity contribution in [3.05, 3.63) is 21.3 Å². The number of nitrogens with zero attached hydrogens (tertiary/aromatic N) is 1. The van der Waals surface area contributed by atoms with Crippen molar-refractivity contribution >= 4 is 29.0 Å². The molecule has 1 aromatic rings. The van der Waals surface area contributed by atoms with Crippen LogP contribution in [0.1, 0.15) is 31.8 Å². The van der Waals surface area contributed by atoms with Gasteiger partial charge in [0.15, 0.2) is 0 Å². The van der Waals surface area contributed by atoms with Gasteiger partial charge in [-0.25, -0.2) is 4.79 Å².